The molecular weight excluding hydrogens is 571 g/mol. The first kappa shape index (κ1) is 31.4. The van der Waals surface area contributed by atoms with Crippen LogP contribution >= 0.6 is 0 Å². The van der Waals surface area contributed by atoms with Gasteiger partial charge in [0.05, 0.1) is 86.6 Å². The maximum absolute atomic E-state index is 14.9. The van der Waals surface area contributed by atoms with Crippen LogP contribution < -0.4 is 10.6 Å². The van der Waals surface area contributed by atoms with Gasteiger partial charge in [-0.05, 0) is 56.0 Å². The zero-order valence-electron chi connectivity index (χ0n) is 24.5. The third-order valence-electron chi connectivity index (χ3n) is 7.70. The lowest BCUT2D eigenvalue weighted by Gasteiger charge is -2.39. The molecule has 2 aliphatic rings. The molecule has 0 radical (unpaired) electrons. The molecule has 2 fully saturated rings. The van der Waals surface area contributed by atoms with E-state index in [1.54, 1.807) is 36.7 Å². The second-order valence-corrected chi connectivity index (χ2v) is 10.6. The number of anilines is 2. The number of aliphatic hydroxyl groups is 2. The number of carbonyl (C=O) groups excluding carboxylic acids is 1. The van der Waals surface area contributed by atoms with Gasteiger partial charge in [0.15, 0.2) is 0 Å². The topological polar surface area (TPSA) is 153 Å². The van der Waals surface area contributed by atoms with Crippen LogP contribution in [0.25, 0.3) is 16.6 Å². The van der Waals surface area contributed by atoms with E-state index in [0.717, 1.165) is 37.5 Å². The number of rotatable bonds is 8. The molecule has 3 aromatic heterocycles. The minimum atomic E-state index is -0.581. The molecule has 12 nitrogen and oxygen atoms in total. The fraction of sp³-hybridized carbons (Fsp3) is 0.419. The predicted octanol–water partition coefficient (Wildman–Crippen LogP) is 3.12. The molecule has 0 spiro atoms. The molecule has 0 unspecified atom stereocenters. The summed E-state index contributed by atoms with van der Waals surface area (Å²) in [4.78, 5) is 21.1. The number of aliphatic hydroxyl groups excluding tert-OH is 2. The van der Waals surface area contributed by atoms with E-state index in [1.807, 2.05) is 12.1 Å². The lowest BCUT2D eigenvalue weighted by molar-refractivity contribution is -0.140. The number of methoxy groups -OCH3 is 1. The number of benzene rings is 1. The zero-order chi connectivity index (χ0) is 30.9. The van der Waals surface area contributed by atoms with Crippen molar-refractivity contribution in [2.75, 3.05) is 45.4 Å². The lowest BCUT2D eigenvalue weighted by atomic mass is 9.77. The normalized spacial score (nSPS) is 20.0. The monoisotopic (exact) mass is 608 g/mol. The highest BCUT2D eigenvalue weighted by atomic mass is 19.1. The Labute approximate surface area is 254 Å². The van der Waals surface area contributed by atoms with Gasteiger partial charge in [-0.3, -0.25) is 15.1 Å². The molecular formula is C31H37FN6O6. The number of hydrogen-bond donors (Lipinski definition) is 4. The lowest BCUT2D eigenvalue weighted by Crippen LogP contribution is -2.48. The molecule has 0 amide bonds. The predicted molar refractivity (Wildman–Crippen MR) is 160 cm³/mol. The maximum Gasteiger partial charge on any atom is 0.319 e. The number of pyridine rings is 2. The van der Waals surface area contributed by atoms with Crippen molar-refractivity contribution >= 4 is 28.4 Å². The summed E-state index contributed by atoms with van der Waals surface area (Å²) in [7, 11) is 1.35. The molecule has 1 aliphatic heterocycles. The van der Waals surface area contributed by atoms with Gasteiger partial charge in [0.25, 0.3) is 0 Å². The first-order valence-electron chi connectivity index (χ1n) is 14.5. The van der Waals surface area contributed by atoms with Gasteiger partial charge in [0.2, 0.25) is 0 Å². The average molecular weight is 609 g/mol. The van der Waals surface area contributed by atoms with Crippen LogP contribution in [0.3, 0.4) is 0 Å². The van der Waals surface area contributed by atoms with E-state index in [2.05, 4.69) is 20.7 Å². The number of ether oxygens (including phenoxy) is 3. The van der Waals surface area contributed by atoms with Crippen molar-refractivity contribution in [2.45, 2.75) is 43.9 Å². The van der Waals surface area contributed by atoms with Gasteiger partial charge in [0.1, 0.15) is 11.6 Å². The molecule has 6 rings (SSSR count). The summed E-state index contributed by atoms with van der Waals surface area (Å²) < 4.78 is 31.1. The summed E-state index contributed by atoms with van der Waals surface area (Å²) in [5.41, 5.74) is 2.09. The summed E-state index contributed by atoms with van der Waals surface area (Å²) in [5, 5.41) is 30.6. The van der Waals surface area contributed by atoms with Gasteiger partial charge < -0.3 is 29.7 Å². The quantitative estimate of drug-likeness (QED) is 0.218. The first-order chi connectivity index (χ1) is 21.4. The van der Waals surface area contributed by atoms with Crippen molar-refractivity contribution in [2.24, 2.45) is 0 Å². The smallest absolute Gasteiger partial charge is 0.319 e. The van der Waals surface area contributed by atoms with Crippen LogP contribution in [0.5, 0.6) is 0 Å². The summed E-state index contributed by atoms with van der Waals surface area (Å²) in [6.07, 6.45) is 5.36. The number of hydrogen-bond acceptors (Lipinski definition) is 11. The first-order valence-corrected chi connectivity index (χ1v) is 14.5. The second-order valence-electron chi connectivity index (χ2n) is 10.6. The number of esters is 1. The van der Waals surface area contributed by atoms with Crippen LogP contribution in [0.4, 0.5) is 15.9 Å². The Morgan fingerprint density at radius 2 is 1.86 bits per heavy atom. The Morgan fingerprint density at radius 3 is 2.50 bits per heavy atom. The van der Waals surface area contributed by atoms with Crippen molar-refractivity contribution in [1.29, 1.82) is 0 Å². The van der Waals surface area contributed by atoms with Gasteiger partial charge in [-0.25, -0.2) is 14.1 Å². The Bertz CT molecular complexity index is 1540. The second kappa shape index (κ2) is 14.6. The summed E-state index contributed by atoms with van der Waals surface area (Å²) in [5.74, 6) is -0.439. The third-order valence-corrected chi connectivity index (χ3v) is 7.70. The highest BCUT2D eigenvalue weighted by Crippen LogP contribution is 2.37. The summed E-state index contributed by atoms with van der Waals surface area (Å²) in [6.45, 7) is 2.95. The Kier molecular flexibility index (Phi) is 10.5. The SMILES string of the molecule is C1COCCO1.COC(=O)CNC1(c2ccc3cnc(Nc4ccc(-n5ccc(CO)n5)cc4F)cc3n2)CCC(O)CC1. The van der Waals surface area contributed by atoms with Crippen LogP contribution in [-0.4, -0.2) is 82.1 Å². The maximum atomic E-state index is 14.9. The molecule has 0 atom stereocenters. The molecule has 234 valence electrons. The summed E-state index contributed by atoms with van der Waals surface area (Å²) in [6, 6.07) is 11.9. The molecule has 0 bridgehead atoms. The molecule has 1 saturated carbocycles. The van der Waals surface area contributed by atoms with Crippen LogP contribution in [-0.2, 0) is 31.2 Å². The Morgan fingerprint density at radius 1 is 1.11 bits per heavy atom. The van der Waals surface area contributed by atoms with Crippen molar-refractivity contribution in [3.05, 3.63) is 72.1 Å². The van der Waals surface area contributed by atoms with Gasteiger partial charge >= 0.3 is 5.97 Å². The zero-order valence-corrected chi connectivity index (χ0v) is 24.5. The minimum Gasteiger partial charge on any atom is -0.468 e. The Balaban J connectivity index is 0.000000573. The van der Waals surface area contributed by atoms with Crippen molar-refractivity contribution < 1.29 is 33.6 Å². The van der Waals surface area contributed by atoms with Crippen LogP contribution in [0.2, 0.25) is 0 Å². The van der Waals surface area contributed by atoms with E-state index in [1.165, 1.54) is 17.9 Å². The fourth-order valence-electron chi connectivity index (χ4n) is 5.20. The number of aromatic nitrogens is 4. The molecule has 4 heterocycles. The number of carbonyl (C=O) groups is 1. The number of nitrogens with zero attached hydrogens (tertiary/aromatic N) is 4. The van der Waals surface area contributed by atoms with Crippen LogP contribution in [0.15, 0.2) is 54.9 Å². The van der Waals surface area contributed by atoms with Crippen molar-refractivity contribution in [1.82, 2.24) is 25.1 Å². The van der Waals surface area contributed by atoms with E-state index in [0.29, 0.717) is 48.4 Å². The van der Waals surface area contributed by atoms with Crippen molar-refractivity contribution in [3.8, 4) is 5.69 Å². The number of halogens is 1. The molecule has 4 N–H and O–H groups in total. The highest BCUT2D eigenvalue weighted by molar-refractivity contribution is 5.81. The fourth-order valence-corrected chi connectivity index (χ4v) is 5.20. The van der Waals surface area contributed by atoms with E-state index >= 15 is 0 Å². The molecule has 1 aliphatic carbocycles. The van der Waals surface area contributed by atoms with Crippen molar-refractivity contribution in [3.63, 3.8) is 0 Å². The highest BCUT2D eigenvalue weighted by Gasteiger charge is 2.38. The van der Waals surface area contributed by atoms with Gasteiger partial charge in [0, 0.05) is 29.9 Å². The third kappa shape index (κ3) is 7.73. The number of nitrogens with one attached hydrogen (secondary N) is 2. The molecule has 1 aromatic carbocycles. The average Bonchev–Trinajstić information content (AvgIpc) is 3.56. The van der Waals surface area contributed by atoms with E-state index in [9.17, 15) is 19.4 Å². The van der Waals surface area contributed by atoms with E-state index in [-0.39, 0.29) is 30.9 Å². The van der Waals surface area contributed by atoms with Crippen LogP contribution in [0, 0.1) is 5.82 Å². The minimum absolute atomic E-state index is 0.0323. The van der Waals surface area contributed by atoms with Gasteiger partial charge in [-0.2, -0.15) is 5.10 Å². The summed E-state index contributed by atoms with van der Waals surface area (Å²) >= 11 is 0. The molecule has 13 heteroatoms. The largest absolute Gasteiger partial charge is 0.468 e. The van der Waals surface area contributed by atoms with Gasteiger partial charge in [-0.1, -0.05) is 0 Å². The molecule has 1 saturated heterocycles. The molecule has 44 heavy (non-hydrogen) atoms. The van der Waals surface area contributed by atoms with Crippen LogP contribution in [0.1, 0.15) is 37.1 Å². The van der Waals surface area contributed by atoms with E-state index in [4.69, 9.17) is 19.2 Å². The number of fused-ring (bicyclic) bond motifs is 1. The molecule has 4 aromatic rings. The standard InChI is InChI=1S/C27H29FN6O4.C4H8O2/c1-38-26(37)15-30-27(9-6-20(36)7-10-27)24-5-2-17-14-29-25(13-23(17)31-24)32-22-4-3-19(12-21(22)28)34-11-8-18(16-35)33-34;1-2-6-4-3-5-1/h2-5,8,11-14,20,30,35-36H,6-7,9-10,15-16H2,1H3,(H,29,32);1-4H2. The van der Waals surface area contributed by atoms with E-state index < -0.39 is 11.4 Å². The van der Waals surface area contributed by atoms with Gasteiger partial charge in [-0.15, -0.1) is 0 Å². The Hall–Kier alpha value is -4.01.